The molecule has 1 aromatic heterocycles. The molecule has 150 valence electrons. The number of para-hydroxylation sites is 2. The first-order valence-corrected chi connectivity index (χ1v) is 10.2. The van der Waals surface area contributed by atoms with Crippen LogP contribution in [0.4, 0.5) is 11.4 Å². The molecule has 0 spiro atoms. The standard InChI is InChI=1S/C20H17ClN2O5S/c1-27-18-7-3-2-6-17(18)23-29(25,26)19-13-14(8-10-16(19)21)22-20(24)11-9-15-5-4-12-28-15/h2-13,23H,1H3,(H,22,24)/b11-9+. The van der Waals surface area contributed by atoms with E-state index in [0.717, 1.165) is 0 Å². The van der Waals surface area contributed by atoms with Crippen LogP contribution in [0.15, 0.2) is 76.2 Å². The number of methoxy groups -OCH3 is 1. The Morgan fingerprint density at radius 1 is 1.14 bits per heavy atom. The number of nitrogens with one attached hydrogen (secondary N) is 2. The molecule has 2 aromatic carbocycles. The van der Waals surface area contributed by atoms with E-state index in [2.05, 4.69) is 10.0 Å². The van der Waals surface area contributed by atoms with Gasteiger partial charge in [0.1, 0.15) is 16.4 Å². The van der Waals surface area contributed by atoms with Crippen molar-refractivity contribution in [3.63, 3.8) is 0 Å². The number of hydrogen-bond donors (Lipinski definition) is 2. The molecule has 9 heteroatoms. The van der Waals surface area contributed by atoms with Crippen LogP contribution in [0.2, 0.25) is 5.02 Å². The predicted molar refractivity (Wildman–Crippen MR) is 112 cm³/mol. The largest absolute Gasteiger partial charge is 0.495 e. The van der Waals surface area contributed by atoms with Gasteiger partial charge in [0.05, 0.1) is 24.1 Å². The van der Waals surface area contributed by atoms with Gasteiger partial charge in [-0.15, -0.1) is 0 Å². The lowest BCUT2D eigenvalue weighted by atomic mass is 10.3. The molecule has 29 heavy (non-hydrogen) atoms. The Balaban J connectivity index is 1.81. The van der Waals surface area contributed by atoms with Gasteiger partial charge in [-0.2, -0.15) is 0 Å². The van der Waals surface area contributed by atoms with E-state index in [4.69, 9.17) is 20.8 Å². The van der Waals surface area contributed by atoms with Crippen LogP contribution in [0, 0.1) is 0 Å². The van der Waals surface area contributed by atoms with Gasteiger partial charge >= 0.3 is 0 Å². The SMILES string of the molecule is COc1ccccc1NS(=O)(=O)c1cc(NC(=O)/C=C/c2ccco2)ccc1Cl. The first kappa shape index (κ1) is 20.5. The second kappa shape index (κ2) is 8.85. The number of furan rings is 1. The summed E-state index contributed by atoms with van der Waals surface area (Å²) in [5.74, 6) is 0.421. The minimum atomic E-state index is -4.03. The molecule has 0 bridgehead atoms. The van der Waals surface area contributed by atoms with Crippen LogP contribution < -0.4 is 14.8 Å². The second-order valence-corrected chi connectivity index (χ2v) is 7.85. The van der Waals surface area contributed by atoms with Crippen molar-refractivity contribution in [1.82, 2.24) is 0 Å². The third kappa shape index (κ3) is 5.18. The number of anilines is 2. The molecule has 0 aliphatic heterocycles. The molecule has 2 N–H and O–H groups in total. The molecular formula is C20H17ClN2O5S. The summed E-state index contributed by atoms with van der Waals surface area (Å²) < 4.78 is 38.3. The van der Waals surface area contributed by atoms with Gasteiger partial charge in [0.2, 0.25) is 5.91 Å². The van der Waals surface area contributed by atoms with Crippen molar-refractivity contribution in [1.29, 1.82) is 0 Å². The highest BCUT2D eigenvalue weighted by Gasteiger charge is 2.20. The van der Waals surface area contributed by atoms with Gasteiger partial charge in [-0.25, -0.2) is 8.42 Å². The molecule has 0 radical (unpaired) electrons. The molecule has 3 aromatic rings. The van der Waals surface area contributed by atoms with Gasteiger partial charge in [0.25, 0.3) is 10.0 Å². The van der Waals surface area contributed by atoms with Crippen molar-refractivity contribution < 1.29 is 22.4 Å². The van der Waals surface area contributed by atoms with E-state index in [-0.39, 0.29) is 21.3 Å². The van der Waals surface area contributed by atoms with E-state index >= 15 is 0 Å². The molecule has 1 heterocycles. The quantitative estimate of drug-likeness (QED) is 0.539. The average molecular weight is 433 g/mol. The molecule has 0 aliphatic carbocycles. The number of carbonyl (C=O) groups is 1. The van der Waals surface area contributed by atoms with Crippen LogP contribution in [0.5, 0.6) is 5.75 Å². The number of sulfonamides is 1. The van der Waals surface area contributed by atoms with E-state index in [0.29, 0.717) is 11.5 Å². The molecule has 0 saturated carbocycles. The zero-order valence-corrected chi connectivity index (χ0v) is 16.8. The number of hydrogen-bond acceptors (Lipinski definition) is 5. The van der Waals surface area contributed by atoms with Crippen LogP contribution in [0.25, 0.3) is 6.08 Å². The monoisotopic (exact) mass is 432 g/mol. The van der Waals surface area contributed by atoms with E-state index < -0.39 is 15.9 Å². The Labute approximate surface area is 173 Å². The summed E-state index contributed by atoms with van der Waals surface area (Å²) in [6, 6.07) is 14.1. The number of rotatable bonds is 7. The highest BCUT2D eigenvalue weighted by atomic mass is 35.5. The Hall–Kier alpha value is -3.23. The van der Waals surface area contributed by atoms with Gasteiger partial charge in [0, 0.05) is 11.8 Å². The van der Waals surface area contributed by atoms with Gasteiger partial charge in [-0.05, 0) is 48.5 Å². The van der Waals surface area contributed by atoms with Crippen LogP contribution in [-0.4, -0.2) is 21.4 Å². The number of ether oxygens (including phenoxy) is 1. The summed E-state index contributed by atoms with van der Waals surface area (Å²) >= 11 is 6.10. The molecule has 1 amide bonds. The van der Waals surface area contributed by atoms with Crippen molar-refractivity contribution in [2.75, 3.05) is 17.1 Å². The second-order valence-electron chi connectivity index (χ2n) is 5.79. The summed E-state index contributed by atoms with van der Waals surface area (Å²) in [4.78, 5) is 11.9. The smallest absolute Gasteiger partial charge is 0.263 e. The van der Waals surface area contributed by atoms with Crippen molar-refractivity contribution in [2.45, 2.75) is 4.90 Å². The molecule has 7 nitrogen and oxygen atoms in total. The maximum absolute atomic E-state index is 12.8. The number of benzene rings is 2. The maximum atomic E-state index is 12.8. The lowest BCUT2D eigenvalue weighted by molar-refractivity contribution is -0.111. The van der Waals surface area contributed by atoms with E-state index in [1.165, 1.54) is 43.7 Å². The molecular weight excluding hydrogens is 416 g/mol. The average Bonchev–Trinajstić information content (AvgIpc) is 3.21. The zero-order valence-electron chi connectivity index (χ0n) is 15.3. The number of halogens is 1. The summed E-state index contributed by atoms with van der Waals surface area (Å²) in [7, 11) is -2.59. The molecule has 0 saturated heterocycles. The van der Waals surface area contributed by atoms with Crippen LogP contribution >= 0.6 is 11.6 Å². The minimum Gasteiger partial charge on any atom is -0.495 e. The first-order chi connectivity index (χ1) is 13.9. The zero-order chi connectivity index (χ0) is 20.9. The highest BCUT2D eigenvalue weighted by Crippen LogP contribution is 2.30. The third-order valence-corrected chi connectivity index (χ3v) is 5.63. The van der Waals surface area contributed by atoms with Crippen molar-refractivity contribution >= 4 is 45.0 Å². The lowest BCUT2D eigenvalue weighted by Gasteiger charge is -2.13. The minimum absolute atomic E-state index is 0.0107. The molecule has 0 unspecified atom stereocenters. The Kier molecular flexibility index (Phi) is 6.26. The van der Waals surface area contributed by atoms with Gasteiger partial charge in [-0.1, -0.05) is 23.7 Å². The van der Waals surface area contributed by atoms with Gasteiger partial charge in [0.15, 0.2) is 0 Å². The molecule has 0 fully saturated rings. The number of amides is 1. The van der Waals surface area contributed by atoms with E-state index in [1.807, 2.05) is 0 Å². The van der Waals surface area contributed by atoms with Crippen molar-refractivity contribution in [2.24, 2.45) is 0 Å². The number of carbonyl (C=O) groups excluding carboxylic acids is 1. The lowest BCUT2D eigenvalue weighted by Crippen LogP contribution is -2.15. The predicted octanol–water partition coefficient (Wildman–Crippen LogP) is 4.39. The van der Waals surface area contributed by atoms with E-state index in [1.54, 1.807) is 36.4 Å². The van der Waals surface area contributed by atoms with Crippen LogP contribution in [-0.2, 0) is 14.8 Å². The van der Waals surface area contributed by atoms with Crippen molar-refractivity contribution in [3.8, 4) is 5.75 Å². The van der Waals surface area contributed by atoms with Gasteiger partial charge < -0.3 is 14.5 Å². The fourth-order valence-corrected chi connectivity index (χ4v) is 4.04. The topological polar surface area (TPSA) is 97.6 Å². The summed E-state index contributed by atoms with van der Waals surface area (Å²) in [6.07, 6.45) is 4.25. The van der Waals surface area contributed by atoms with Crippen LogP contribution in [0.1, 0.15) is 5.76 Å². The molecule has 0 atom stereocenters. The fraction of sp³-hybridized carbons (Fsp3) is 0.0500. The summed E-state index contributed by atoms with van der Waals surface area (Å²) in [6.45, 7) is 0. The Morgan fingerprint density at radius 2 is 1.93 bits per heavy atom. The molecule has 3 rings (SSSR count). The summed E-state index contributed by atoms with van der Waals surface area (Å²) in [5.41, 5.74) is 0.533. The fourth-order valence-electron chi connectivity index (χ4n) is 2.44. The Bertz CT molecular complexity index is 1140. The third-order valence-electron chi connectivity index (χ3n) is 3.78. The van der Waals surface area contributed by atoms with Crippen molar-refractivity contribution in [3.05, 3.63) is 77.7 Å². The summed E-state index contributed by atoms with van der Waals surface area (Å²) in [5, 5.41) is 2.60. The normalized spacial score (nSPS) is 11.4. The first-order valence-electron chi connectivity index (χ1n) is 8.37. The van der Waals surface area contributed by atoms with E-state index in [9.17, 15) is 13.2 Å². The maximum Gasteiger partial charge on any atom is 0.263 e. The highest BCUT2D eigenvalue weighted by molar-refractivity contribution is 7.92. The van der Waals surface area contributed by atoms with Gasteiger partial charge in [-0.3, -0.25) is 9.52 Å². The van der Waals surface area contributed by atoms with Crippen LogP contribution in [0.3, 0.4) is 0 Å². The Morgan fingerprint density at radius 3 is 2.66 bits per heavy atom. The molecule has 0 aliphatic rings.